The maximum Gasteiger partial charge on any atom is 0.256 e. The molecule has 1 spiro atoms. The van der Waals surface area contributed by atoms with E-state index >= 15 is 0 Å². The molecule has 2 saturated heterocycles. The minimum atomic E-state index is -1.33. The molecule has 3 heterocycles. The number of hydrogen-bond donors (Lipinski definition) is 0. The quantitative estimate of drug-likeness (QED) is 0.743. The van der Waals surface area contributed by atoms with Crippen LogP contribution < -0.4 is 5.11 Å². The highest BCUT2D eigenvalue weighted by Gasteiger charge is 2.52. The number of carbonyl (C=O) groups excluding carboxylic acids is 3. The van der Waals surface area contributed by atoms with Gasteiger partial charge in [0.1, 0.15) is 5.72 Å². The summed E-state index contributed by atoms with van der Waals surface area (Å²) >= 11 is 1.54. The van der Waals surface area contributed by atoms with Crippen LogP contribution in [-0.4, -0.2) is 59.0 Å². The molecule has 2 fully saturated rings. The van der Waals surface area contributed by atoms with Gasteiger partial charge in [-0.2, -0.15) is 0 Å². The molecule has 29 heavy (non-hydrogen) atoms. The first kappa shape index (κ1) is 19.6. The van der Waals surface area contributed by atoms with Crippen molar-refractivity contribution in [1.29, 1.82) is 0 Å². The minimum Gasteiger partial charge on any atom is -0.548 e. The fourth-order valence-electron chi connectivity index (χ4n) is 4.05. The lowest BCUT2D eigenvalue weighted by Gasteiger charge is -2.45. The first-order valence-electron chi connectivity index (χ1n) is 9.54. The van der Waals surface area contributed by atoms with Crippen molar-refractivity contribution < 1.29 is 24.2 Å². The summed E-state index contributed by atoms with van der Waals surface area (Å²) < 4.78 is 5.89. The third kappa shape index (κ3) is 3.77. The Hall–Kier alpha value is -2.71. The molecule has 0 saturated carbocycles. The maximum absolute atomic E-state index is 13.1. The average Bonchev–Trinajstić information content (AvgIpc) is 3.37. The van der Waals surface area contributed by atoms with Gasteiger partial charge >= 0.3 is 0 Å². The molecule has 1 aromatic heterocycles. The number of carboxylic acid groups (broad SMARTS) is 1. The van der Waals surface area contributed by atoms with Crippen LogP contribution in [0, 0.1) is 0 Å². The van der Waals surface area contributed by atoms with Crippen LogP contribution in [0.3, 0.4) is 0 Å². The summed E-state index contributed by atoms with van der Waals surface area (Å²) in [6, 6.07) is 11.3. The monoisotopic (exact) mass is 413 g/mol. The van der Waals surface area contributed by atoms with E-state index in [1.807, 2.05) is 17.5 Å². The highest BCUT2D eigenvalue weighted by molar-refractivity contribution is 7.10. The largest absolute Gasteiger partial charge is 0.548 e. The molecule has 8 heteroatoms. The van der Waals surface area contributed by atoms with Crippen LogP contribution in [-0.2, 0) is 20.7 Å². The molecule has 2 aliphatic rings. The number of rotatable bonds is 4. The van der Waals surface area contributed by atoms with Crippen molar-refractivity contribution in [3.05, 3.63) is 58.3 Å². The first-order valence-corrected chi connectivity index (χ1v) is 10.4. The van der Waals surface area contributed by atoms with Crippen LogP contribution in [0.2, 0.25) is 0 Å². The Kier molecular flexibility index (Phi) is 5.38. The van der Waals surface area contributed by atoms with Crippen molar-refractivity contribution in [2.24, 2.45) is 0 Å². The summed E-state index contributed by atoms with van der Waals surface area (Å²) in [6.07, 6.45) is 1.08. The number of aliphatic carboxylic acids is 1. The summed E-state index contributed by atoms with van der Waals surface area (Å²) in [5, 5.41) is 13.6. The summed E-state index contributed by atoms with van der Waals surface area (Å²) in [6.45, 7) is 0.704. The van der Waals surface area contributed by atoms with Crippen molar-refractivity contribution in [3.63, 3.8) is 0 Å². The Morgan fingerprint density at radius 1 is 1.10 bits per heavy atom. The van der Waals surface area contributed by atoms with E-state index < -0.39 is 23.6 Å². The van der Waals surface area contributed by atoms with Gasteiger partial charge in [0.25, 0.3) is 5.91 Å². The van der Waals surface area contributed by atoms with Gasteiger partial charge in [-0.05, 0) is 23.6 Å². The van der Waals surface area contributed by atoms with E-state index in [4.69, 9.17) is 4.74 Å². The van der Waals surface area contributed by atoms with Gasteiger partial charge in [-0.1, -0.05) is 24.3 Å². The topological polar surface area (TPSA) is 90.0 Å². The normalized spacial score (nSPS) is 20.8. The second-order valence-corrected chi connectivity index (χ2v) is 8.30. The molecule has 0 N–H and O–H groups in total. The molecule has 1 aromatic carbocycles. The van der Waals surface area contributed by atoms with Gasteiger partial charge in [0.15, 0.2) is 0 Å². The van der Waals surface area contributed by atoms with Crippen molar-refractivity contribution in [3.8, 4) is 0 Å². The highest BCUT2D eigenvalue weighted by atomic mass is 32.1. The second-order valence-electron chi connectivity index (χ2n) is 7.27. The molecule has 2 aromatic rings. The zero-order valence-electron chi connectivity index (χ0n) is 15.8. The van der Waals surface area contributed by atoms with Crippen molar-refractivity contribution >= 4 is 29.1 Å². The van der Waals surface area contributed by atoms with Crippen molar-refractivity contribution in [2.75, 3.05) is 19.7 Å². The Morgan fingerprint density at radius 2 is 1.83 bits per heavy atom. The van der Waals surface area contributed by atoms with Gasteiger partial charge in [-0.15, -0.1) is 11.3 Å². The van der Waals surface area contributed by atoms with Crippen molar-refractivity contribution in [2.45, 2.75) is 31.0 Å². The van der Waals surface area contributed by atoms with Gasteiger partial charge in [-0.3, -0.25) is 14.5 Å². The number of hydrogen-bond acceptors (Lipinski definition) is 6. The van der Waals surface area contributed by atoms with E-state index in [0.717, 1.165) is 4.88 Å². The van der Waals surface area contributed by atoms with Gasteiger partial charge in [0.05, 0.1) is 25.0 Å². The number of thiophene rings is 1. The molecule has 2 aliphatic heterocycles. The van der Waals surface area contributed by atoms with Gasteiger partial charge in [-0.25, -0.2) is 0 Å². The third-order valence-corrected chi connectivity index (χ3v) is 6.45. The van der Waals surface area contributed by atoms with Crippen molar-refractivity contribution in [1.82, 2.24) is 9.80 Å². The number of carboxylic acids is 1. The maximum atomic E-state index is 13.1. The Balaban J connectivity index is 1.51. The third-order valence-electron chi connectivity index (χ3n) is 5.58. The van der Waals surface area contributed by atoms with E-state index in [1.54, 1.807) is 46.6 Å². The second kappa shape index (κ2) is 7.96. The Morgan fingerprint density at radius 3 is 2.45 bits per heavy atom. The zero-order chi connectivity index (χ0) is 20.4. The summed E-state index contributed by atoms with van der Waals surface area (Å²) in [4.78, 5) is 41.5. The van der Waals surface area contributed by atoms with Crippen LogP contribution in [0.15, 0.2) is 47.8 Å². The molecule has 2 amide bonds. The number of amides is 2. The highest BCUT2D eigenvalue weighted by Crippen LogP contribution is 2.38. The number of piperidine rings is 1. The zero-order valence-corrected chi connectivity index (χ0v) is 16.6. The van der Waals surface area contributed by atoms with Crippen LogP contribution in [0.4, 0.5) is 0 Å². The SMILES string of the molecule is O=C([O-])[C@@H]1COC2(CCN(C(=O)Cc3cccs3)CC2)N1C(=O)c1ccccc1. The molecule has 4 rings (SSSR count). The molecule has 0 unspecified atom stereocenters. The van der Waals surface area contributed by atoms with E-state index in [2.05, 4.69) is 0 Å². The molecular formula is C21H21N2O5S-. The number of nitrogens with zero attached hydrogens (tertiary/aromatic N) is 2. The van der Waals surface area contributed by atoms with E-state index in [-0.39, 0.29) is 12.5 Å². The van der Waals surface area contributed by atoms with Gasteiger partial charge in [0.2, 0.25) is 5.91 Å². The average molecular weight is 413 g/mol. The van der Waals surface area contributed by atoms with Crippen LogP contribution in [0.25, 0.3) is 0 Å². The van der Waals surface area contributed by atoms with E-state index in [1.165, 1.54) is 4.90 Å². The minimum absolute atomic E-state index is 0.0256. The standard InChI is InChI=1S/C21H22N2O5S/c24-18(13-16-7-4-12-29-16)22-10-8-21(9-11-22)23(17(14-28-21)20(26)27)19(25)15-5-2-1-3-6-15/h1-7,12,17H,8-11,13-14H2,(H,26,27)/p-1/t17-/m0/s1. The molecule has 0 aliphatic carbocycles. The van der Waals surface area contributed by atoms with E-state index in [9.17, 15) is 19.5 Å². The Labute approximate surface area is 172 Å². The van der Waals surface area contributed by atoms with Crippen LogP contribution in [0.1, 0.15) is 28.1 Å². The van der Waals surface area contributed by atoms with Gasteiger partial charge in [0, 0.05) is 36.4 Å². The number of likely N-dealkylation sites (tertiary alicyclic amines) is 1. The first-order chi connectivity index (χ1) is 14.0. The predicted octanol–water partition coefficient (Wildman–Crippen LogP) is 0.900. The lowest BCUT2D eigenvalue weighted by Crippen LogP contribution is -2.60. The molecule has 0 radical (unpaired) electrons. The van der Waals surface area contributed by atoms with Crippen LogP contribution >= 0.6 is 11.3 Å². The number of ether oxygens (including phenoxy) is 1. The summed E-state index contributed by atoms with van der Waals surface area (Å²) in [5.74, 6) is -1.70. The number of carbonyl (C=O) groups is 3. The van der Waals surface area contributed by atoms with Crippen LogP contribution in [0.5, 0.6) is 0 Å². The summed E-state index contributed by atoms with van der Waals surface area (Å²) in [7, 11) is 0. The fourth-order valence-corrected chi connectivity index (χ4v) is 4.74. The molecule has 7 nitrogen and oxygen atoms in total. The lowest BCUT2D eigenvalue weighted by molar-refractivity contribution is -0.310. The smallest absolute Gasteiger partial charge is 0.256 e. The fraction of sp³-hybridized carbons (Fsp3) is 0.381. The molecule has 152 valence electrons. The van der Waals surface area contributed by atoms with Gasteiger partial charge < -0.3 is 19.5 Å². The predicted molar refractivity (Wildman–Crippen MR) is 104 cm³/mol. The molecule has 0 bridgehead atoms. The molecular weight excluding hydrogens is 392 g/mol. The number of benzene rings is 1. The summed E-state index contributed by atoms with van der Waals surface area (Å²) in [5.41, 5.74) is -0.628. The Bertz CT molecular complexity index is 891. The van der Waals surface area contributed by atoms with E-state index in [0.29, 0.717) is 37.9 Å². The lowest BCUT2D eigenvalue weighted by atomic mass is 9.96. The molecule has 1 atom stereocenters.